The zero-order valence-electron chi connectivity index (χ0n) is 8.11. The first-order valence-corrected chi connectivity index (χ1v) is 6.30. The fraction of sp³-hybridized carbons (Fsp3) is 0.714. The van der Waals surface area contributed by atoms with Gasteiger partial charge in [0.1, 0.15) is 4.75 Å². The predicted octanol–water partition coefficient (Wildman–Crippen LogP) is 1.09. The van der Waals surface area contributed by atoms with E-state index in [2.05, 4.69) is 10.1 Å². The van der Waals surface area contributed by atoms with Crippen LogP contribution in [0.2, 0.25) is 0 Å². The molecule has 0 atom stereocenters. The Morgan fingerprint density at radius 3 is 2.43 bits per heavy atom. The Morgan fingerprint density at radius 1 is 1.50 bits per heavy atom. The van der Waals surface area contributed by atoms with Crippen molar-refractivity contribution < 1.29 is 12.9 Å². The first kappa shape index (κ1) is 11.5. The standard InChI is InChI=1S/C7H11ClN2O3S/c1-7(2,14(3,11)12)6-9-5(4-8)10-13-6/h4H2,1-3H3. The highest BCUT2D eigenvalue weighted by atomic mass is 35.5. The lowest BCUT2D eigenvalue weighted by Crippen LogP contribution is -2.28. The average Bonchev–Trinajstić information content (AvgIpc) is 2.49. The normalized spacial score (nSPS) is 13.1. The van der Waals surface area contributed by atoms with E-state index in [1.807, 2.05) is 0 Å². The molecule has 0 bridgehead atoms. The maximum absolute atomic E-state index is 11.4. The molecule has 5 nitrogen and oxygen atoms in total. The Morgan fingerprint density at radius 2 is 2.07 bits per heavy atom. The Bertz CT molecular complexity index is 424. The predicted molar refractivity (Wildman–Crippen MR) is 51.7 cm³/mol. The fourth-order valence-electron chi connectivity index (χ4n) is 0.711. The Hall–Kier alpha value is -0.620. The molecule has 80 valence electrons. The second-order valence-electron chi connectivity index (χ2n) is 3.43. The van der Waals surface area contributed by atoms with Gasteiger partial charge in [-0.2, -0.15) is 4.98 Å². The molecule has 0 aromatic carbocycles. The van der Waals surface area contributed by atoms with Gasteiger partial charge in [0.2, 0.25) is 5.89 Å². The summed E-state index contributed by atoms with van der Waals surface area (Å²) in [5.41, 5.74) is 0. The van der Waals surface area contributed by atoms with E-state index in [9.17, 15) is 8.42 Å². The Balaban J connectivity index is 3.17. The molecule has 0 saturated carbocycles. The topological polar surface area (TPSA) is 73.1 Å². The summed E-state index contributed by atoms with van der Waals surface area (Å²) in [6.45, 7) is 3.02. The molecule has 0 unspecified atom stereocenters. The van der Waals surface area contributed by atoms with Crippen molar-refractivity contribution in [3.63, 3.8) is 0 Å². The van der Waals surface area contributed by atoms with Crippen molar-refractivity contribution in [2.75, 3.05) is 6.26 Å². The maximum Gasteiger partial charge on any atom is 0.247 e. The van der Waals surface area contributed by atoms with Crippen molar-refractivity contribution in [1.29, 1.82) is 0 Å². The molecular formula is C7H11ClN2O3S. The summed E-state index contributed by atoms with van der Waals surface area (Å²) in [5, 5.41) is 3.53. The molecule has 0 aliphatic heterocycles. The number of hydrogen-bond donors (Lipinski definition) is 0. The van der Waals surface area contributed by atoms with Crippen LogP contribution in [0.3, 0.4) is 0 Å². The van der Waals surface area contributed by atoms with Crippen LogP contribution < -0.4 is 0 Å². The van der Waals surface area contributed by atoms with Gasteiger partial charge in [0.15, 0.2) is 15.7 Å². The van der Waals surface area contributed by atoms with Crippen molar-refractivity contribution in [3.05, 3.63) is 11.7 Å². The van der Waals surface area contributed by atoms with Crippen molar-refractivity contribution in [1.82, 2.24) is 10.1 Å². The van der Waals surface area contributed by atoms with E-state index in [1.54, 1.807) is 0 Å². The van der Waals surface area contributed by atoms with Crippen LogP contribution in [-0.4, -0.2) is 24.8 Å². The van der Waals surface area contributed by atoms with Gasteiger partial charge >= 0.3 is 0 Å². The van der Waals surface area contributed by atoms with Gasteiger partial charge in [-0.25, -0.2) is 8.42 Å². The highest BCUT2D eigenvalue weighted by Gasteiger charge is 2.38. The van der Waals surface area contributed by atoms with Crippen molar-refractivity contribution in [3.8, 4) is 0 Å². The monoisotopic (exact) mass is 238 g/mol. The van der Waals surface area contributed by atoms with Crippen LogP contribution in [0, 0.1) is 0 Å². The second kappa shape index (κ2) is 3.51. The van der Waals surface area contributed by atoms with Crippen LogP contribution in [0.4, 0.5) is 0 Å². The Labute approximate surface area is 87.4 Å². The molecule has 7 heteroatoms. The number of aromatic nitrogens is 2. The van der Waals surface area contributed by atoms with Gasteiger partial charge in [0, 0.05) is 6.26 Å². The smallest absolute Gasteiger partial charge is 0.247 e. The number of rotatable bonds is 3. The molecule has 1 heterocycles. The molecule has 0 fully saturated rings. The zero-order chi connectivity index (χ0) is 11.0. The Kier molecular flexibility index (Phi) is 2.87. The molecule has 0 saturated heterocycles. The van der Waals surface area contributed by atoms with E-state index in [-0.39, 0.29) is 11.8 Å². The molecule has 0 N–H and O–H groups in total. The number of nitrogens with zero attached hydrogens (tertiary/aromatic N) is 2. The highest BCUT2D eigenvalue weighted by molar-refractivity contribution is 7.91. The third-order valence-electron chi connectivity index (χ3n) is 2.03. The van der Waals surface area contributed by atoms with E-state index in [4.69, 9.17) is 16.1 Å². The number of sulfone groups is 1. The first-order valence-electron chi connectivity index (χ1n) is 3.87. The number of halogens is 1. The molecule has 14 heavy (non-hydrogen) atoms. The minimum absolute atomic E-state index is 0.0654. The zero-order valence-corrected chi connectivity index (χ0v) is 9.68. The molecule has 1 aromatic heterocycles. The van der Waals surface area contributed by atoms with Gasteiger partial charge in [-0.3, -0.25) is 0 Å². The van der Waals surface area contributed by atoms with Gasteiger partial charge in [-0.15, -0.1) is 11.6 Å². The summed E-state index contributed by atoms with van der Waals surface area (Å²) in [6.07, 6.45) is 1.12. The minimum atomic E-state index is -3.29. The quantitative estimate of drug-likeness (QED) is 0.737. The number of alkyl halides is 1. The van der Waals surface area contributed by atoms with Crippen molar-refractivity contribution in [2.24, 2.45) is 0 Å². The number of hydrogen-bond acceptors (Lipinski definition) is 5. The lowest BCUT2D eigenvalue weighted by molar-refractivity contribution is 0.345. The van der Waals surface area contributed by atoms with Gasteiger partial charge in [0.25, 0.3) is 0 Å². The van der Waals surface area contributed by atoms with Crippen LogP contribution in [0.1, 0.15) is 25.6 Å². The summed E-state index contributed by atoms with van der Waals surface area (Å²) in [4.78, 5) is 3.88. The second-order valence-corrected chi connectivity index (χ2v) is 6.26. The van der Waals surface area contributed by atoms with Crippen molar-refractivity contribution in [2.45, 2.75) is 24.5 Å². The summed E-state index contributed by atoms with van der Waals surface area (Å²) in [5.74, 6) is 0.456. The van der Waals surface area contributed by atoms with E-state index in [1.165, 1.54) is 13.8 Å². The van der Waals surface area contributed by atoms with E-state index in [0.29, 0.717) is 5.82 Å². The lowest BCUT2D eigenvalue weighted by Gasteiger charge is -2.16. The van der Waals surface area contributed by atoms with Gasteiger partial charge < -0.3 is 4.52 Å². The van der Waals surface area contributed by atoms with Gasteiger partial charge in [0.05, 0.1) is 5.88 Å². The van der Waals surface area contributed by atoms with Crippen molar-refractivity contribution >= 4 is 21.4 Å². The van der Waals surface area contributed by atoms with E-state index >= 15 is 0 Å². The molecule has 0 aliphatic carbocycles. The average molecular weight is 239 g/mol. The molecule has 1 aromatic rings. The first-order chi connectivity index (χ1) is 6.29. The minimum Gasteiger partial charge on any atom is -0.338 e. The maximum atomic E-state index is 11.4. The van der Waals surface area contributed by atoms with Crippen LogP contribution >= 0.6 is 11.6 Å². The van der Waals surface area contributed by atoms with Crippen LogP contribution in [0.15, 0.2) is 4.52 Å². The van der Waals surface area contributed by atoms with E-state index < -0.39 is 14.6 Å². The third kappa shape index (κ3) is 1.90. The third-order valence-corrected chi connectivity index (χ3v) is 4.30. The molecule has 0 radical (unpaired) electrons. The lowest BCUT2D eigenvalue weighted by atomic mass is 10.2. The summed E-state index contributed by atoms with van der Waals surface area (Å²) >= 11 is 5.47. The van der Waals surface area contributed by atoms with Crippen LogP contribution in [-0.2, 0) is 20.5 Å². The molecule has 1 rings (SSSR count). The van der Waals surface area contributed by atoms with E-state index in [0.717, 1.165) is 6.26 Å². The van der Waals surface area contributed by atoms with Gasteiger partial charge in [-0.1, -0.05) is 5.16 Å². The SMILES string of the molecule is CC(C)(c1nc(CCl)no1)S(C)(=O)=O. The van der Waals surface area contributed by atoms with Gasteiger partial charge in [-0.05, 0) is 13.8 Å². The molecule has 0 aliphatic rings. The molecule has 0 amide bonds. The summed E-state index contributed by atoms with van der Waals surface area (Å²) < 4.78 is 26.4. The van der Waals surface area contributed by atoms with Crippen LogP contribution in [0.25, 0.3) is 0 Å². The summed E-state index contributed by atoms with van der Waals surface area (Å²) in [6, 6.07) is 0. The highest BCUT2D eigenvalue weighted by Crippen LogP contribution is 2.27. The summed E-state index contributed by atoms with van der Waals surface area (Å²) in [7, 11) is -3.29. The largest absolute Gasteiger partial charge is 0.338 e. The molecular weight excluding hydrogens is 228 g/mol. The van der Waals surface area contributed by atoms with Crippen LogP contribution in [0.5, 0.6) is 0 Å². The fourth-order valence-corrected chi connectivity index (χ4v) is 1.22. The molecule has 0 spiro atoms.